The summed E-state index contributed by atoms with van der Waals surface area (Å²) in [6.45, 7) is 8.79. The first-order valence-electron chi connectivity index (χ1n) is 6.89. The molecule has 2 heterocycles. The Hall–Kier alpha value is -1.78. The molecule has 0 N–H and O–H groups in total. The number of hydrogen-bond acceptors (Lipinski definition) is 4. The summed E-state index contributed by atoms with van der Waals surface area (Å²) >= 11 is 0. The van der Waals surface area contributed by atoms with Crippen LogP contribution in [0.2, 0.25) is 0 Å². The van der Waals surface area contributed by atoms with Crippen molar-refractivity contribution in [2.45, 2.75) is 45.8 Å². The molecule has 0 unspecified atom stereocenters. The summed E-state index contributed by atoms with van der Waals surface area (Å²) in [6.07, 6.45) is 4.14. The maximum atomic E-state index is 12.0. The van der Waals surface area contributed by atoms with Crippen LogP contribution < -0.4 is 4.74 Å². The zero-order valence-electron chi connectivity index (χ0n) is 12.5. The molecule has 110 valence electrons. The molecule has 1 aromatic rings. The molecule has 1 atom stereocenters. The third-order valence-electron chi connectivity index (χ3n) is 3.06. The monoisotopic (exact) mass is 277 g/mol. The maximum absolute atomic E-state index is 12.0. The molecule has 0 aliphatic carbocycles. The quantitative estimate of drug-likeness (QED) is 0.852. The highest BCUT2D eigenvalue weighted by molar-refractivity contribution is 5.69. The molecule has 2 rings (SSSR count). The largest absolute Gasteiger partial charge is 0.490 e. The standard InChI is InChI=1S/C15H22N2O3/c1-11-7-13(9-16-8-11)19-10-12-5-6-17(12)14(18)20-15(2,3)4/h7-9,12H,5-6,10H2,1-4H3/t12-/m0/s1/i1-1. The van der Waals surface area contributed by atoms with Gasteiger partial charge in [-0.3, -0.25) is 4.98 Å². The number of carbonyl (C=O) groups is 1. The lowest BCUT2D eigenvalue weighted by atomic mass is 10.1. The summed E-state index contributed by atoms with van der Waals surface area (Å²) in [5, 5.41) is 0. The Bertz CT molecular complexity index is 482. The van der Waals surface area contributed by atoms with Gasteiger partial charge in [-0.15, -0.1) is 0 Å². The fraction of sp³-hybridized carbons (Fsp3) is 0.600. The van der Waals surface area contributed by atoms with Crippen molar-refractivity contribution >= 4 is 6.09 Å². The van der Waals surface area contributed by atoms with Crippen LogP contribution in [0.3, 0.4) is 0 Å². The first kappa shape index (κ1) is 14.6. The van der Waals surface area contributed by atoms with E-state index in [0.29, 0.717) is 6.61 Å². The Balaban J connectivity index is 1.84. The van der Waals surface area contributed by atoms with Crippen LogP contribution in [0, 0.1) is 6.92 Å². The van der Waals surface area contributed by atoms with Crippen LogP contribution in [0.4, 0.5) is 4.79 Å². The number of rotatable bonds is 3. The first-order chi connectivity index (χ1) is 9.35. The molecule has 20 heavy (non-hydrogen) atoms. The number of nitrogens with zero attached hydrogens (tertiary/aromatic N) is 2. The Labute approximate surface area is 119 Å². The van der Waals surface area contributed by atoms with Crippen molar-refractivity contribution in [3.8, 4) is 5.75 Å². The van der Waals surface area contributed by atoms with E-state index in [1.165, 1.54) is 0 Å². The number of likely N-dealkylation sites (tertiary alicyclic amines) is 1. The molecule has 1 aliphatic rings. The Morgan fingerprint density at radius 3 is 2.75 bits per heavy atom. The molecule has 0 spiro atoms. The molecule has 1 amide bonds. The fourth-order valence-electron chi connectivity index (χ4n) is 1.97. The van der Waals surface area contributed by atoms with Crippen molar-refractivity contribution in [1.29, 1.82) is 0 Å². The van der Waals surface area contributed by atoms with Crippen molar-refractivity contribution in [2.75, 3.05) is 13.2 Å². The van der Waals surface area contributed by atoms with Gasteiger partial charge in [0.25, 0.3) is 0 Å². The number of ether oxygens (including phenoxy) is 2. The van der Waals surface area contributed by atoms with Gasteiger partial charge < -0.3 is 14.4 Å². The highest BCUT2D eigenvalue weighted by Gasteiger charge is 2.35. The zero-order valence-corrected chi connectivity index (χ0v) is 12.5. The van der Waals surface area contributed by atoms with E-state index < -0.39 is 5.60 Å². The first-order valence-corrected chi connectivity index (χ1v) is 6.89. The third kappa shape index (κ3) is 3.85. The Morgan fingerprint density at radius 2 is 2.20 bits per heavy atom. The minimum absolute atomic E-state index is 0.0883. The lowest BCUT2D eigenvalue weighted by Crippen LogP contribution is -2.55. The fourth-order valence-corrected chi connectivity index (χ4v) is 1.97. The van der Waals surface area contributed by atoms with Crippen molar-refractivity contribution in [2.24, 2.45) is 0 Å². The van der Waals surface area contributed by atoms with E-state index in [4.69, 9.17) is 9.47 Å². The van der Waals surface area contributed by atoms with E-state index in [1.807, 2.05) is 33.8 Å². The Morgan fingerprint density at radius 1 is 1.45 bits per heavy atom. The number of hydrogen-bond donors (Lipinski definition) is 0. The van der Waals surface area contributed by atoms with E-state index >= 15 is 0 Å². The van der Waals surface area contributed by atoms with Crippen LogP contribution in [0.1, 0.15) is 32.8 Å². The van der Waals surface area contributed by atoms with E-state index in [9.17, 15) is 4.79 Å². The molecule has 1 aliphatic heterocycles. The number of aryl methyl sites for hydroxylation is 1. The molecule has 0 saturated carbocycles. The molecule has 0 aromatic carbocycles. The second-order valence-corrected chi connectivity index (χ2v) is 6.13. The van der Waals surface area contributed by atoms with Crippen molar-refractivity contribution < 1.29 is 14.3 Å². The number of carbonyl (C=O) groups excluding carboxylic acids is 1. The van der Waals surface area contributed by atoms with Gasteiger partial charge in [-0.05, 0) is 45.7 Å². The van der Waals surface area contributed by atoms with Gasteiger partial charge in [0, 0.05) is 12.7 Å². The summed E-state index contributed by atoms with van der Waals surface area (Å²) in [4.78, 5) is 17.7. The molecular weight excluding hydrogens is 255 g/mol. The highest BCUT2D eigenvalue weighted by atomic mass is 16.6. The maximum Gasteiger partial charge on any atom is 0.410 e. The minimum Gasteiger partial charge on any atom is -0.490 e. The SMILES string of the molecule is CC(C)(C)OC(=O)N1CC[C@H]1COc1cncc([11CH3])c1. The predicted octanol–water partition coefficient (Wildman–Crippen LogP) is 2.78. The lowest BCUT2D eigenvalue weighted by Gasteiger charge is -2.40. The zero-order chi connectivity index (χ0) is 14.8. The number of pyridine rings is 1. The highest BCUT2D eigenvalue weighted by Crippen LogP contribution is 2.22. The van der Waals surface area contributed by atoms with Crippen LogP contribution in [-0.4, -0.2) is 40.8 Å². The van der Waals surface area contributed by atoms with Crippen LogP contribution in [0.25, 0.3) is 0 Å². The smallest absolute Gasteiger partial charge is 0.410 e. The van der Waals surface area contributed by atoms with Gasteiger partial charge in [0.2, 0.25) is 0 Å². The van der Waals surface area contributed by atoms with Gasteiger partial charge in [0.1, 0.15) is 18.0 Å². The second-order valence-electron chi connectivity index (χ2n) is 6.13. The summed E-state index contributed by atoms with van der Waals surface area (Å²) in [6, 6.07) is 2.02. The van der Waals surface area contributed by atoms with Crippen molar-refractivity contribution in [1.82, 2.24) is 9.88 Å². The van der Waals surface area contributed by atoms with Crippen LogP contribution in [-0.2, 0) is 4.74 Å². The van der Waals surface area contributed by atoms with Gasteiger partial charge in [0.05, 0.1) is 12.2 Å². The van der Waals surface area contributed by atoms with Crippen LogP contribution >= 0.6 is 0 Å². The minimum atomic E-state index is -0.460. The topological polar surface area (TPSA) is 51.7 Å². The van der Waals surface area contributed by atoms with Crippen LogP contribution in [0.15, 0.2) is 18.5 Å². The van der Waals surface area contributed by atoms with E-state index in [2.05, 4.69) is 4.98 Å². The van der Waals surface area contributed by atoms with Gasteiger partial charge in [0.15, 0.2) is 0 Å². The third-order valence-corrected chi connectivity index (χ3v) is 3.06. The van der Waals surface area contributed by atoms with Crippen molar-refractivity contribution in [3.05, 3.63) is 24.0 Å². The Kier molecular flexibility index (Phi) is 4.16. The van der Waals surface area contributed by atoms with E-state index in [0.717, 1.165) is 24.3 Å². The van der Waals surface area contributed by atoms with Gasteiger partial charge in [-0.25, -0.2) is 4.79 Å². The molecule has 5 nitrogen and oxygen atoms in total. The average molecular weight is 277 g/mol. The summed E-state index contributed by atoms with van der Waals surface area (Å²) < 4.78 is 11.1. The summed E-state index contributed by atoms with van der Waals surface area (Å²) in [5.74, 6) is 0.737. The predicted molar refractivity (Wildman–Crippen MR) is 75.8 cm³/mol. The molecule has 5 heteroatoms. The molecule has 1 aromatic heterocycles. The second kappa shape index (κ2) is 5.69. The van der Waals surface area contributed by atoms with Gasteiger partial charge in [-0.1, -0.05) is 0 Å². The molecule has 0 radical (unpaired) electrons. The normalized spacial score (nSPS) is 18.4. The lowest BCUT2D eigenvalue weighted by molar-refractivity contribution is -0.0141. The summed E-state index contributed by atoms with van der Waals surface area (Å²) in [5.41, 5.74) is 0.596. The van der Waals surface area contributed by atoms with E-state index in [1.54, 1.807) is 17.3 Å². The average Bonchev–Trinajstić information content (AvgIpc) is 2.24. The molecule has 1 saturated heterocycles. The van der Waals surface area contributed by atoms with Gasteiger partial charge in [-0.2, -0.15) is 0 Å². The number of amides is 1. The van der Waals surface area contributed by atoms with Gasteiger partial charge >= 0.3 is 6.09 Å². The molecule has 1 fully saturated rings. The van der Waals surface area contributed by atoms with Crippen molar-refractivity contribution in [3.63, 3.8) is 0 Å². The summed E-state index contributed by atoms with van der Waals surface area (Å²) in [7, 11) is 0. The number of aromatic nitrogens is 1. The molecular formula is C15H22N2O3. The van der Waals surface area contributed by atoms with Crippen LogP contribution in [0.5, 0.6) is 5.75 Å². The molecule has 0 bridgehead atoms. The van der Waals surface area contributed by atoms with E-state index in [-0.39, 0.29) is 12.1 Å².